The van der Waals surface area contributed by atoms with Gasteiger partial charge >= 0.3 is 0 Å². The molecule has 2 nitrogen and oxygen atoms in total. The third kappa shape index (κ3) is 1.42. The zero-order chi connectivity index (χ0) is 12.5. The minimum absolute atomic E-state index is 0.533. The van der Waals surface area contributed by atoms with E-state index in [0.29, 0.717) is 6.54 Å². The van der Waals surface area contributed by atoms with E-state index in [9.17, 15) is 5.26 Å². The second kappa shape index (κ2) is 4.05. The summed E-state index contributed by atoms with van der Waals surface area (Å²) in [6.45, 7) is 4.23. The van der Waals surface area contributed by atoms with E-state index >= 15 is 0 Å². The minimum atomic E-state index is 0.533. The molecule has 1 aliphatic carbocycles. The van der Waals surface area contributed by atoms with Crippen molar-refractivity contribution in [2.45, 2.75) is 0 Å². The average Bonchev–Trinajstić information content (AvgIpc) is 2.83. The molecule has 18 heavy (non-hydrogen) atoms. The fourth-order valence-corrected chi connectivity index (χ4v) is 2.46. The topological polar surface area (TPSA) is 27.0 Å². The van der Waals surface area contributed by atoms with Crippen molar-refractivity contribution in [2.75, 3.05) is 11.4 Å². The summed E-state index contributed by atoms with van der Waals surface area (Å²) < 4.78 is 0. The molecule has 0 bridgehead atoms. The second-order valence-corrected chi connectivity index (χ2v) is 4.28. The Kier molecular flexibility index (Phi) is 2.39. The standard InChI is InChI=1S/C16H12N2/c1-2-10-18(11-17)15-9-7-13-5-3-4-12-6-8-14(15)16(12)13/h2-9H,1,10H2. The number of hydrogen-bond donors (Lipinski definition) is 0. The van der Waals surface area contributed by atoms with Crippen LogP contribution in [0.1, 0.15) is 11.1 Å². The number of nitrogens with zero attached hydrogens (tertiary/aromatic N) is 2. The third-order valence-electron chi connectivity index (χ3n) is 3.25. The van der Waals surface area contributed by atoms with E-state index in [1.54, 1.807) is 11.0 Å². The van der Waals surface area contributed by atoms with Crippen molar-refractivity contribution >= 4 is 28.6 Å². The van der Waals surface area contributed by atoms with E-state index in [2.05, 4.69) is 49.2 Å². The lowest BCUT2D eigenvalue weighted by atomic mass is 10.0. The summed E-state index contributed by atoms with van der Waals surface area (Å²) >= 11 is 0. The van der Waals surface area contributed by atoms with Crippen LogP contribution in [0.3, 0.4) is 0 Å². The summed E-state index contributed by atoms with van der Waals surface area (Å²) in [6, 6.07) is 10.3. The van der Waals surface area contributed by atoms with E-state index in [1.165, 1.54) is 16.3 Å². The van der Waals surface area contributed by atoms with Gasteiger partial charge in [0.05, 0.1) is 12.2 Å². The third-order valence-corrected chi connectivity index (χ3v) is 3.25. The predicted molar refractivity (Wildman–Crippen MR) is 76.0 cm³/mol. The highest BCUT2D eigenvalue weighted by Crippen LogP contribution is 2.37. The van der Waals surface area contributed by atoms with Gasteiger partial charge in [0.25, 0.3) is 0 Å². The summed E-state index contributed by atoms with van der Waals surface area (Å²) in [5, 5.41) is 11.7. The highest BCUT2D eigenvalue weighted by atomic mass is 15.1. The van der Waals surface area contributed by atoms with Gasteiger partial charge in [-0.1, -0.05) is 42.5 Å². The molecule has 0 saturated carbocycles. The fourth-order valence-electron chi connectivity index (χ4n) is 2.46. The zero-order valence-electron chi connectivity index (χ0n) is 9.93. The number of nitriles is 1. The molecule has 0 radical (unpaired) electrons. The number of rotatable bonds is 3. The molecule has 0 fully saturated rings. The van der Waals surface area contributed by atoms with Crippen LogP contribution in [0, 0.1) is 11.5 Å². The van der Waals surface area contributed by atoms with Gasteiger partial charge in [-0.05, 0) is 22.4 Å². The van der Waals surface area contributed by atoms with Crippen LogP contribution < -0.4 is 4.90 Å². The molecule has 0 N–H and O–H groups in total. The maximum absolute atomic E-state index is 9.22. The first-order chi connectivity index (χ1) is 8.85. The molecule has 0 unspecified atom stereocenters. The monoisotopic (exact) mass is 232 g/mol. The van der Waals surface area contributed by atoms with Gasteiger partial charge in [-0.2, -0.15) is 5.26 Å². The highest BCUT2D eigenvalue weighted by Gasteiger charge is 2.16. The first-order valence-corrected chi connectivity index (χ1v) is 5.87. The van der Waals surface area contributed by atoms with Crippen LogP contribution in [0.15, 0.2) is 43.0 Å². The average molecular weight is 232 g/mol. The number of benzene rings is 2. The van der Waals surface area contributed by atoms with E-state index in [0.717, 1.165) is 11.3 Å². The largest absolute Gasteiger partial charge is 0.275 e. The molecule has 3 rings (SSSR count). The van der Waals surface area contributed by atoms with Crippen molar-refractivity contribution in [1.29, 1.82) is 5.26 Å². The SMILES string of the molecule is C=CCN(C#N)c1ccc2cccc3c2c1C=C3. The summed E-state index contributed by atoms with van der Waals surface area (Å²) in [4.78, 5) is 1.66. The fraction of sp³-hybridized carbons (Fsp3) is 0.0625. The van der Waals surface area contributed by atoms with Crippen LogP contribution >= 0.6 is 0 Å². The van der Waals surface area contributed by atoms with Crippen molar-refractivity contribution in [3.05, 3.63) is 54.1 Å². The first kappa shape index (κ1) is 10.6. The van der Waals surface area contributed by atoms with Gasteiger partial charge in [0.2, 0.25) is 0 Å². The quantitative estimate of drug-likeness (QED) is 0.390. The van der Waals surface area contributed by atoms with Gasteiger partial charge in [-0.25, -0.2) is 0 Å². The summed E-state index contributed by atoms with van der Waals surface area (Å²) in [7, 11) is 0. The van der Waals surface area contributed by atoms with Crippen LogP contribution in [0.4, 0.5) is 5.69 Å². The maximum Gasteiger partial charge on any atom is 0.184 e. The van der Waals surface area contributed by atoms with E-state index < -0.39 is 0 Å². The molecule has 1 aliphatic rings. The molecule has 0 saturated heterocycles. The molecular formula is C16H12N2. The Hall–Kier alpha value is -2.53. The molecular weight excluding hydrogens is 220 g/mol. The molecule has 0 spiro atoms. The van der Waals surface area contributed by atoms with E-state index in [-0.39, 0.29) is 0 Å². The smallest absolute Gasteiger partial charge is 0.184 e. The molecule has 2 aromatic rings. The molecule has 86 valence electrons. The molecule has 0 atom stereocenters. The molecule has 2 aromatic carbocycles. The normalized spacial score (nSPS) is 11.5. The maximum atomic E-state index is 9.22. The lowest BCUT2D eigenvalue weighted by Crippen LogP contribution is -2.16. The van der Waals surface area contributed by atoms with Crippen molar-refractivity contribution in [3.63, 3.8) is 0 Å². The second-order valence-electron chi connectivity index (χ2n) is 4.28. The Morgan fingerprint density at radius 1 is 1.22 bits per heavy atom. The van der Waals surface area contributed by atoms with E-state index in [4.69, 9.17) is 0 Å². The van der Waals surface area contributed by atoms with Gasteiger partial charge in [-0.15, -0.1) is 6.58 Å². The number of anilines is 1. The lowest BCUT2D eigenvalue weighted by Gasteiger charge is -2.17. The van der Waals surface area contributed by atoms with Gasteiger partial charge in [0.15, 0.2) is 6.19 Å². The summed E-state index contributed by atoms with van der Waals surface area (Å²) in [6.07, 6.45) is 8.14. The molecule has 0 aromatic heterocycles. The molecule has 0 amide bonds. The Balaban J connectivity index is 2.26. The van der Waals surface area contributed by atoms with Gasteiger partial charge in [0, 0.05) is 5.56 Å². The van der Waals surface area contributed by atoms with Crippen LogP contribution in [0.25, 0.3) is 22.9 Å². The highest BCUT2D eigenvalue weighted by molar-refractivity contribution is 6.08. The van der Waals surface area contributed by atoms with Crippen molar-refractivity contribution in [1.82, 2.24) is 0 Å². The predicted octanol–water partition coefficient (Wildman–Crippen LogP) is 3.80. The minimum Gasteiger partial charge on any atom is -0.275 e. The first-order valence-electron chi connectivity index (χ1n) is 5.87. The Morgan fingerprint density at radius 2 is 2.11 bits per heavy atom. The van der Waals surface area contributed by atoms with Gasteiger partial charge in [0.1, 0.15) is 0 Å². The Labute approximate surface area is 106 Å². The van der Waals surface area contributed by atoms with Gasteiger partial charge in [-0.3, -0.25) is 4.90 Å². The van der Waals surface area contributed by atoms with Crippen LogP contribution in [-0.2, 0) is 0 Å². The summed E-state index contributed by atoms with van der Waals surface area (Å²) in [5.74, 6) is 0. The molecule has 0 heterocycles. The summed E-state index contributed by atoms with van der Waals surface area (Å²) in [5.41, 5.74) is 3.30. The molecule has 2 heteroatoms. The Bertz CT molecular complexity index is 705. The van der Waals surface area contributed by atoms with Crippen LogP contribution in [0.2, 0.25) is 0 Å². The van der Waals surface area contributed by atoms with Gasteiger partial charge < -0.3 is 0 Å². The number of hydrogen-bond acceptors (Lipinski definition) is 2. The zero-order valence-corrected chi connectivity index (χ0v) is 9.93. The van der Waals surface area contributed by atoms with Crippen LogP contribution in [0.5, 0.6) is 0 Å². The lowest BCUT2D eigenvalue weighted by molar-refractivity contribution is 1.10. The van der Waals surface area contributed by atoms with Crippen molar-refractivity contribution < 1.29 is 0 Å². The molecule has 0 aliphatic heterocycles. The van der Waals surface area contributed by atoms with Crippen LogP contribution in [-0.4, -0.2) is 6.54 Å². The van der Waals surface area contributed by atoms with Crippen molar-refractivity contribution in [2.24, 2.45) is 0 Å². The van der Waals surface area contributed by atoms with E-state index in [1.807, 2.05) is 6.07 Å². The van der Waals surface area contributed by atoms with Crippen molar-refractivity contribution in [3.8, 4) is 6.19 Å². The Morgan fingerprint density at radius 3 is 2.89 bits per heavy atom.